The van der Waals surface area contributed by atoms with Crippen molar-refractivity contribution in [1.29, 1.82) is 0 Å². The van der Waals surface area contributed by atoms with Gasteiger partial charge in [-0.2, -0.15) is 0 Å². The Labute approximate surface area is 115 Å². The molecule has 5 heteroatoms. The van der Waals surface area contributed by atoms with Crippen molar-refractivity contribution in [2.75, 3.05) is 17.7 Å². The molecule has 3 N–H and O–H groups in total. The van der Waals surface area contributed by atoms with Crippen LogP contribution in [0.25, 0.3) is 0 Å². The summed E-state index contributed by atoms with van der Waals surface area (Å²) in [5.74, 6) is -0.0573. The number of anilines is 2. The number of nitrogens with one attached hydrogen (secondary N) is 1. The molecule has 1 aliphatic rings. The van der Waals surface area contributed by atoms with Crippen LogP contribution in [0.15, 0.2) is 16.6 Å². The lowest BCUT2D eigenvalue weighted by molar-refractivity contribution is -0.118. The number of benzene rings is 1. The fraction of sp³-hybridized carbons (Fsp3) is 0.462. The summed E-state index contributed by atoms with van der Waals surface area (Å²) >= 11 is 3.41. The van der Waals surface area contributed by atoms with Gasteiger partial charge in [-0.3, -0.25) is 4.79 Å². The Hall–Kier alpha value is -1.07. The molecule has 1 fully saturated rings. The summed E-state index contributed by atoms with van der Waals surface area (Å²) in [6.45, 7) is 2.72. The zero-order chi connectivity index (χ0) is 13.1. The minimum Gasteiger partial charge on any atom is -0.397 e. The van der Waals surface area contributed by atoms with Gasteiger partial charge < -0.3 is 15.8 Å². The zero-order valence-corrected chi connectivity index (χ0v) is 11.9. The summed E-state index contributed by atoms with van der Waals surface area (Å²) in [5.41, 5.74) is 8.17. The zero-order valence-electron chi connectivity index (χ0n) is 10.3. The molecule has 0 aromatic heterocycles. The molecule has 1 aliphatic heterocycles. The molecule has 98 valence electrons. The first-order chi connectivity index (χ1) is 8.56. The maximum Gasteiger partial charge on any atom is 0.227 e. The van der Waals surface area contributed by atoms with Crippen LogP contribution in [0.5, 0.6) is 0 Å². The molecule has 4 nitrogen and oxygen atoms in total. The predicted molar refractivity (Wildman–Crippen MR) is 75.5 cm³/mol. The second-order valence-electron chi connectivity index (χ2n) is 4.60. The summed E-state index contributed by atoms with van der Waals surface area (Å²) in [6, 6.07) is 3.77. The standard InChI is InChI=1S/C13H17BrN2O2/c1-8-5-10(14)13(11(15)6-8)16-12(17)7-9-3-2-4-18-9/h5-6,9H,2-4,7,15H2,1H3,(H,16,17). The molecule has 0 spiro atoms. The average Bonchev–Trinajstić information content (AvgIpc) is 2.76. The number of nitrogens with two attached hydrogens (primary N) is 1. The fourth-order valence-electron chi connectivity index (χ4n) is 2.10. The van der Waals surface area contributed by atoms with Gasteiger partial charge in [0.2, 0.25) is 5.91 Å². The van der Waals surface area contributed by atoms with Crippen molar-refractivity contribution in [3.63, 3.8) is 0 Å². The van der Waals surface area contributed by atoms with E-state index in [1.54, 1.807) is 0 Å². The minimum atomic E-state index is -0.0573. The van der Waals surface area contributed by atoms with Crippen molar-refractivity contribution in [1.82, 2.24) is 0 Å². The van der Waals surface area contributed by atoms with E-state index in [-0.39, 0.29) is 12.0 Å². The number of carbonyl (C=O) groups excluding carboxylic acids is 1. The van der Waals surface area contributed by atoms with Gasteiger partial charge in [0, 0.05) is 11.1 Å². The lowest BCUT2D eigenvalue weighted by atomic mass is 10.1. The van der Waals surface area contributed by atoms with Crippen LogP contribution in [0.3, 0.4) is 0 Å². The summed E-state index contributed by atoms with van der Waals surface area (Å²) < 4.78 is 6.24. The molecule has 0 radical (unpaired) electrons. The van der Waals surface area contributed by atoms with Crippen LogP contribution in [0.2, 0.25) is 0 Å². The fourth-order valence-corrected chi connectivity index (χ4v) is 2.79. The van der Waals surface area contributed by atoms with E-state index >= 15 is 0 Å². The van der Waals surface area contributed by atoms with Gasteiger partial charge in [-0.25, -0.2) is 0 Å². The molecule has 1 heterocycles. The first-order valence-electron chi connectivity index (χ1n) is 6.03. The highest BCUT2D eigenvalue weighted by atomic mass is 79.9. The third-order valence-electron chi connectivity index (χ3n) is 2.97. The number of hydrogen-bond donors (Lipinski definition) is 2. The van der Waals surface area contributed by atoms with Crippen molar-refractivity contribution in [2.45, 2.75) is 32.3 Å². The van der Waals surface area contributed by atoms with Gasteiger partial charge in [0.15, 0.2) is 0 Å². The lowest BCUT2D eigenvalue weighted by Crippen LogP contribution is -2.20. The Kier molecular flexibility index (Phi) is 4.24. The van der Waals surface area contributed by atoms with Crippen molar-refractivity contribution in [3.8, 4) is 0 Å². The summed E-state index contributed by atoms with van der Waals surface area (Å²) in [7, 11) is 0. The molecular formula is C13H17BrN2O2. The number of amides is 1. The van der Waals surface area contributed by atoms with Crippen molar-refractivity contribution < 1.29 is 9.53 Å². The van der Waals surface area contributed by atoms with Crippen molar-refractivity contribution >= 4 is 33.2 Å². The van der Waals surface area contributed by atoms with E-state index in [0.717, 1.165) is 29.5 Å². The van der Waals surface area contributed by atoms with Crippen molar-refractivity contribution in [2.24, 2.45) is 0 Å². The van der Waals surface area contributed by atoms with E-state index in [4.69, 9.17) is 10.5 Å². The van der Waals surface area contributed by atoms with Crippen LogP contribution < -0.4 is 11.1 Å². The Morgan fingerprint density at radius 1 is 1.61 bits per heavy atom. The van der Waals surface area contributed by atoms with Gasteiger partial charge in [0.1, 0.15) is 0 Å². The highest BCUT2D eigenvalue weighted by Gasteiger charge is 2.20. The maximum absolute atomic E-state index is 11.9. The van der Waals surface area contributed by atoms with Crippen LogP contribution in [0, 0.1) is 6.92 Å². The average molecular weight is 313 g/mol. The number of rotatable bonds is 3. The second kappa shape index (κ2) is 5.71. The van der Waals surface area contributed by atoms with Gasteiger partial charge in [0.05, 0.1) is 23.9 Å². The number of ether oxygens (including phenoxy) is 1. The second-order valence-corrected chi connectivity index (χ2v) is 5.45. The van der Waals surface area contributed by atoms with E-state index in [1.807, 2.05) is 19.1 Å². The molecule has 0 aliphatic carbocycles. The quantitative estimate of drug-likeness (QED) is 0.843. The van der Waals surface area contributed by atoms with Gasteiger partial charge in [-0.05, 0) is 53.4 Å². The molecule has 1 amide bonds. The summed E-state index contributed by atoms with van der Waals surface area (Å²) in [6.07, 6.45) is 2.43. The number of halogens is 1. The van der Waals surface area contributed by atoms with E-state index in [0.29, 0.717) is 17.8 Å². The topological polar surface area (TPSA) is 64.3 Å². The first-order valence-corrected chi connectivity index (χ1v) is 6.82. The van der Waals surface area contributed by atoms with E-state index in [1.165, 1.54) is 0 Å². The van der Waals surface area contributed by atoms with Crippen LogP contribution in [-0.2, 0) is 9.53 Å². The minimum absolute atomic E-state index is 0.0513. The first kappa shape index (κ1) is 13.4. The lowest BCUT2D eigenvalue weighted by Gasteiger charge is -2.13. The molecule has 18 heavy (non-hydrogen) atoms. The molecule has 0 bridgehead atoms. The Morgan fingerprint density at radius 3 is 3.00 bits per heavy atom. The molecule has 1 atom stereocenters. The molecule has 1 unspecified atom stereocenters. The third-order valence-corrected chi connectivity index (χ3v) is 3.59. The molecule has 1 saturated heterocycles. The number of hydrogen-bond acceptors (Lipinski definition) is 3. The smallest absolute Gasteiger partial charge is 0.227 e. The van der Waals surface area contributed by atoms with Crippen LogP contribution in [-0.4, -0.2) is 18.6 Å². The van der Waals surface area contributed by atoms with E-state index < -0.39 is 0 Å². The predicted octanol–water partition coefficient (Wildman–Crippen LogP) is 2.85. The van der Waals surface area contributed by atoms with Crippen LogP contribution in [0.4, 0.5) is 11.4 Å². The molecule has 2 rings (SSSR count). The van der Waals surface area contributed by atoms with E-state index in [9.17, 15) is 4.79 Å². The molecule has 1 aromatic rings. The highest BCUT2D eigenvalue weighted by molar-refractivity contribution is 9.10. The van der Waals surface area contributed by atoms with Gasteiger partial charge in [-0.1, -0.05) is 0 Å². The SMILES string of the molecule is Cc1cc(N)c(NC(=O)CC2CCCO2)c(Br)c1. The largest absolute Gasteiger partial charge is 0.397 e. The third kappa shape index (κ3) is 3.23. The summed E-state index contributed by atoms with van der Waals surface area (Å²) in [5, 5.41) is 2.84. The Balaban J connectivity index is 2.02. The normalized spacial score (nSPS) is 18.9. The van der Waals surface area contributed by atoms with E-state index in [2.05, 4.69) is 21.2 Å². The van der Waals surface area contributed by atoms with Crippen LogP contribution in [0.1, 0.15) is 24.8 Å². The maximum atomic E-state index is 11.9. The monoisotopic (exact) mass is 312 g/mol. The Morgan fingerprint density at radius 2 is 2.39 bits per heavy atom. The molecule has 1 aromatic carbocycles. The van der Waals surface area contributed by atoms with Gasteiger partial charge in [0.25, 0.3) is 0 Å². The Bertz CT molecular complexity index is 433. The molecular weight excluding hydrogens is 296 g/mol. The van der Waals surface area contributed by atoms with Gasteiger partial charge in [-0.15, -0.1) is 0 Å². The summed E-state index contributed by atoms with van der Waals surface area (Å²) in [4.78, 5) is 11.9. The van der Waals surface area contributed by atoms with Crippen molar-refractivity contribution in [3.05, 3.63) is 22.2 Å². The number of aryl methyl sites for hydroxylation is 1. The highest BCUT2D eigenvalue weighted by Crippen LogP contribution is 2.30. The molecule has 0 saturated carbocycles. The number of nitrogen functional groups attached to an aromatic ring is 1. The van der Waals surface area contributed by atoms with Gasteiger partial charge >= 0.3 is 0 Å². The number of carbonyl (C=O) groups is 1. The van der Waals surface area contributed by atoms with Crippen LogP contribution >= 0.6 is 15.9 Å².